The van der Waals surface area contributed by atoms with Crippen LogP contribution in [0.3, 0.4) is 0 Å². The van der Waals surface area contributed by atoms with E-state index in [1.165, 1.54) is 21.3 Å². The first-order chi connectivity index (χ1) is 25.6. The van der Waals surface area contributed by atoms with Crippen LogP contribution in [0.4, 0.5) is 19.1 Å². The second-order valence-electron chi connectivity index (χ2n) is 13.1. The zero-order chi connectivity index (χ0) is 37.5. The Hall–Kier alpha value is -4.89. The van der Waals surface area contributed by atoms with Gasteiger partial charge in [0.1, 0.15) is 6.61 Å². The second kappa shape index (κ2) is 16.8. The van der Waals surface area contributed by atoms with Gasteiger partial charge in [0.05, 0.1) is 39.0 Å². The zero-order valence-corrected chi connectivity index (χ0v) is 30.5. The number of likely N-dealkylation sites (N-methyl/N-ethyl adjacent to an activating group) is 1. The molecule has 1 aromatic heterocycles. The minimum absolute atomic E-state index is 0.0271. The molecule has 0 radical (unpaired) electrons. The highest BCUT2D eigenvalue weighted by Gasteiger charge is 2.28. The number of benzene rings is 3. The van der Waals surface area contributed by atoms with E-state index in [2.05, 4.69) is 9.80 Å². The summed E-state index contributed by atoms with van der Waals surface area (Å²) in [5, 5.41) is 0. The van der Waals surface area contributed by atoms with Gasteiger partial charge in [-0.15, -0.1) is 0 Å². The van der Waals surface area contributed by atoms with E-state index in [1.807, 2.05) is 47.0 Å². The van der Waals surface area contributed by atoms with Crippen molar-refractivity contribution in [2.24, 2.45) is 0 Å². The molecule has 1 amide bonds. The van der Waals surface area contributed by atoms with Gasteiger partial charge >= 0.3 is 6.18 Å². The fourth-order valence-corrected chi connectivity index (χ4v) is 6.97. The average molecular weight is 742 g/mol. The number of aromatic nitrogens is 2. The van der Waals surface area contributed by atoms with E-state index in [1.54, 1.807) is 24.1 Å². The van der Waals surface area contributed by atoms with Crippen molar-refractivity contribution >= 4 is 22.9 Å². The Kier molecular flexibility index (Phi) is 12.0. The predicted octanol–water partition coefficient (Wildman–Crippen LogP) is 5.83. The highest BCUT2D eigenvalue weighted by molar-refractivity contribution is 5.95. The van der Waals surface area contributed by atoms with Crippen LogP contribution in [-0.4, -0.2) is 119 Å². The topological polar surface area (TPSA) is 100.0 Å². The first-order valence-corrected chi connectivity index (χ1v) is 17.6. The molecule has 3 heterocycles. The predicted molar refractivity (Wildman–Crippen MR) is 193 cm³/mol. The molecular weight excluding hydrogens is 695 g/mol. The number of alkyl halides is 3. The number of fused-ring (bicyclic) bond motifs is 2. The first kappa shape index (κ1) is 37.9. The number of rotatable bonds is 15. The summed E-state index contributed by atoms with van der Waals surface area (Å²) in [4.78, 5) is 25.1. The van der Waals surface area contributed by atoms with Crippen LogP contribution in [0.1, 0.15) is 34.7 Å². The third-order valence-electron chi connectivity index (χ3n) is 9.65. The number of methoxy groups -OCH3 is 3. The fourth-order valence-electron chi connectivity index (χ4n) is 6.97. The lowest BCUT2D eigenvalue weighted by Crippen LogP contribution is -2.35. The first-order valence-electron chi connectivity index (χ1n) is 17.6. The number of carbonyl (C=O) groups is 1. The van der Waals surface area contributed by atoms with Crippen molar-refractivity contribution in [2.75, 3.05) is 92.6 Å². The third-order valence-corrected chi connectivity index (χ3v) is 9.65. The minimum Gasteiger partial charge on any atom is -0.493 e. The Labute approximate surface area is 306 Å². The Balaban J connectivity index is 1.15. The van der Waals surface area contributed by atoms with E-state index >= 15 is 0 Å². The molecule has 4 aromatic rings. The molecule has 6 rings (SSSR count). The van der Waals surface area contributed by atoms with Gasteiger partial charge in [0.25, 0.3) is 5.91 Å². The maximum atomic E-state index is 13.8. The lowest BCUT2D eigenvalue weighted by molar-refractivity contribution is -0.174. The number of nitrogens with zero attached hydrogens (tertiary/aromatic N) is 5. The van der Waals surface area contributed by atoms with Crippen molar-refractivity contribution in [3.8, 4) is 28.7 Å². The SMILES string of the molecule is COc1cc(C(=O)N(C)CC(CCN2CCCN(c3nc4ccccc4n3CCOCC(F)(F)F)CC2)c2ccc3c(c2)OCO3)cc(OC)c1OC. The molecule has 1 fully saturated rings. The quantitative estimate of drug-likeness (QED) is 0.139. The van der Waals surface area contributed by atoms with Gasteiger partial charge in [-0.3, -0.25) is 4.79 Å². The van der Waals surface area contributed by atoms with Crippen LogP contribution in [0.25, 0.3) is 11.0 Å². The molecule has 0 saturated carbocycles. The van der Waals surface area contributed by atoms with Gasteiger partial charge < -0.3 is 47.7 Å². The molecule has 2 aliphatic heterocycles. The van der Waals surface area contributed by atoms with Crippen LogP contribution in [0.2, 0.25) is 0 Å². The lowest BCUT2D eigenvalue weighted by atomic mass is 9.94. The highest BCUT2D eigenvalue weighted by atomic mass is 19.4. The van der Waals surface area contributed by atoms with Crippen LogP contribution in [0, 0.1) is 0 Å². The number of ether oxygens (including phenoxy) is 6. The molecule has 12 nitrogen and oxygen atoms in total. The van der Waals surface area contributed by atoms with E-state index in [4.69, 9.17) is 33.4 Å². The van der Waals surface area contributed by atoms with Crippen LogP contribution >= 0.6 is 0 Å². The number of hydrogen-bond acceptors (Lipinski definition) is 10. The van der Waals surface area contributed by atoms with E-state index < -0.39 is 12.8 Å². The molecule has 0 aliphatic carbocycles. The number of halogens is 3. The van der Waals surface area contributed by atoms with Gasteiger partial charge in [-0.1, -0.05) is 18.2 Å². The van der Waals surface area contributed by atoms with Crippen molar-refractivity contribution in [2.45, 2.75) is 31.5 Å². The molecule has 2 aliphatic rings. The molecule has 286 valence electrons. The maximum Gasteiger partial charge on any atom is 0.411 e. The Morgan fingerprint density at radius 3 is 2.42 bits per heavy atom. The van der Waals surface area contributed by atoms with Gasteiger partial charge in [0.15, 0.2) is 23.0 Å². The van der Waals surface area contributed by atoms with E-state index in [0.29, 0.717) is 47.4 Å². The van der Waals surface area contributed by atoms with Crippen molar-refractivity contribution in [3.63, 3.8) is 0 Å². The van der Waals surface area contributed by atoms with Gasteiger partial charge in [-0.05, 0) is 67.9 Å². The zero-order valence-electron chi connectivity index (χ0n) is 30.5. The molecule has 0 bridgehead atoms. The molecule has 0 N–H and O–H groups in total. The van der Waals surface area contributed by atoms with E-state index in [9.17, 15) is 18.0 Å². The van der Waals surface area contributed by atoms with Crippen LogP contribution in [0.5, 0.6) is 28.7 Å². The maximum absolute atomic E-state index is 13.8. The average Bonchev–Trinajstić information content (AvgIpc) is 3.70. The van der Waals surface area contributed by atoms with E-state index in [0.717, 1.165) is 61.6 Å². The normalized spacial score (nSPS) is 15.3. The summed E-state index contributed by atoms with van der Waals surface area (Å²) in [6.07, 6.45) is -2.73. The molecule has 0 spiro atoms. The number of hydrogen-bond donors (Lipinski definition) is 0. The smallest absolute Gasteiger partial charge is 0.411 e. The third kappa shape index (κ3) is 9.02. The Bertz CT molecular complexity index is 1840. The van der Waals surface area contributed by atoms with Gasteiger partial charge in [-0.25, -0.2) is 4.98 Å². The van der Waals surface area contributed by atoms with Gasteiger partial charge in [-0.2, -0.15) is 13.2 Å². The van der Waals surface area contributed by atoms with Crippen molar-refractivity contribution in [3.05, 3.63) is 65.7 Å². The molecule has 3 aromatic carbocycles. The summed E-state index contributed by atoms with van der Waals surface area (Å²) in [7, 11) is 6.34. The Morgan fingerprint density at radius 1 is 0.925 bits per heavy atom. The number of anilines is 1. The molecule has 1 saturated heterocycles. The van der Waals surface area contributed by atoms with Crippen LogP contribution in [0.15, 0.2) is 54.6 Å². The molecule has 1 atom stereocenters. The van der Waals surface area contributed by atoms with Crippen molar-refractivity contribution < 1.29 is 46.4 Å². The second-order valence-corrected chi connectivity index (χ2v) is 13.1. The summed E-state index contributed by atoms with van der Waals surface area (Å²) < 4.78 is 72.8. The largest absolute Gasteiger partial charge is 0.493 e. The van der Waals surface area contributed by atoms with Crippen molar-refractivity contribution in [1.29, 1.82) is 0 Å². The van der Waals surface area contributed by atoms with Crippen LogP contribution < -0.4 is 28.6 Å². The summed E-state index contributed by atoms with van der Waals surface area (Å²) in [5.74, 6) is 3.11. The molecule has 53 heavy (non-hydrogen) atoms. The summed E-state index contributed by atoms with van der Waals surface area (Å²) in [6.45, 7) is 3.35. The number of para-hydroxylation sites is 2. The van der Waals surface area contributed by atoms with E-state index in [-0.39, 0.29) is 31.8 Å². The summed E-state index contributed by atoms with van der Waals surface area (Å²) in [5.41, 5.74) is 3.10. The number of amides is 1. The molecule has 1 unspecified atom stereocenters. The van der Waals surface area contributed by atoms with Crippen molar-refractivity contribution in [1.82, 2.24) is 19.4 Å². The van der Waals surface area contributed by atoms with Gasteiger partial charge in [0, 0.05) is 51.3 Å². The monoisotopic (exact) mass is 741 g/mol. The molecule has 15 heteroatoms. The summed E-state index contributed by atoms with van der Waals surface area (Å²) >= 11 is 0. The van der Waals surface area contributed by atoms with Crippen LogP contribution in [-0.2, 0) is 11.3 Å². The highest BCUT2D eigenvalue weighted by Crippen LogP contribution is 2.39. The minimum atomic E-state index is -4.38. The number of imidazole rings is 1. The number of carbonyl (C=O) groups excluding carboxylic acids is 1. The standard InChI is InChI=1S/C38H46F3N5O7/c1-43(36(47)28-21-33(48-2)35(50-4)34(22-28)49-3)23-27(26-10-11-31-32(20-26)53-25-52-31)12-15-44-13-7-14-45(17-16-44)37-42-29-8-5-6-9-30(29)46(37)18-19-51-24-38(39,40)41/h5-6,8-11,20-22,27H,7,12-19,23-25H2,1-4H3. The lowest BCUT2D eigenvalue weighted by Gasteiger charge is -2.28. The Morgan fingerprint density at radius 2 is 1.68 bits per heavy atom. The fraction of sp³-hybridized carbons (Fsp3) is 0.474. The molecular formula is C38H46F3N5O7. The summed E-state index contributed by atoms with van der Waals surface area (Å²) in [6, 6.07) is 16.9. The van der Waals surface area contributed by atoms with Gasteiger partial charge in [0.2, 0.25) is 18.5 Å².